The molecule has 224 valence electrons. The van der Waals surface area contributed by atoms with E-state index in [0.29, 0.717) is 69.2 Å². The van der Waals surface area contributed by atoms with Gasteiger partial charge in [0, 0.05) is 37.5 Å². The van der Waals surface area contributed by atoms with E-state index in [1.54, 1.807) is 28.6 Å². The van der Waals surface area contributed by atoms with Crippen LogP contribution >= 0.6 is 0 Å². The zero-order valence-corrected chi connectivity index (χ0v) is 24.2. The minimum absolute atomic E-state index is 0.0473. The van der Waals surface area contributed by atoms with E-state index in [0.717, 1.165) is 12.0 Å². The Labute approximate surface area is 241 Å². The fraction of sp³-hybridized carbons (Fsp3) is 0.581. The van der Waals surface area contributed by atoms with Gasteiger partial charge >= 0.3 is 0 Å². The molecule has 41 heavy (non-hydrogen) atoms. The average molecular weight is 590 g/mol. The lowest BCUT2D eigenvalue weighted by atomic mass is 9.71. The summed E-state index contributed by atoms with van der Waals surface area (Å²) in [6.45, 7) is 0.959. The molecular formula is C31H41F2N3O4S. The number of sulfonamides is 1. The highest BCUT2D eigenvalue weighted by Crippen LogP contribution is 2.38. The van der Waals surface area contributed by atoms with E-state index in [1.807, 2.05) is 0 Å². The van der Waals surface area contributed by atoms with Crippen molar-refractivity contribution in [3.05, 3.63) is 70.8 Å². The first-order valence-electron chi connectivity index (χ1n) is 14.8. The number of nitrogens with one attached hydrogen (secondary N) is 1. The summed E-state index contributed by atoms with van der Waals surface area (Å²) in [7, 11) is -3.36. The van der Waals surface area contributed by atoms with Gasteiger partial charge in [0.15, 0.2) is 5.78 Å². The van der Waals surface area contributed by atoms with Gasteiger partial charge in [0.25, 0.3) is 0 Å². The molecular weight excluding hydrogens is 548 g/mol. The summed E-state index contributed by atoms with van der Waals surface area (Å²) < 4.78 is 56.2. The highest BCUT2D eigenvalue weighted by atomic mass is 32.2. The normalized spacial score (nSPS) is 29.3. The van der Waals surface area contributed by atoms with Crippen LogP contribution < -0.4 is 11.1 Å². The van der Waals surface area contributed by atoms with E-state index in [9.17, 15) is 22.7 Å². The third-order valence-electron chi connectivity index (χ3n) is 9.33. The number of carbonyl (C=O) groups is 1. The van der Waals surface area contributed by atoms with Crippen LogP contribution in [0.15, 0.2) is 42.5 Å². The standard InChI is InChI=1S/C31H41F2N3O4S/c32-23-10-6-20(7-11-23)30(21-8-13-26(37)14-9-21)31(34)29(38)17-22-3-1-5-28(33)27(22)15-12-25-18-35-24-4-2-16-41(39,40)36(25)19-24/h1,3,5-7,10-11,21,24-26,30-31,35,37H,2,4,8-9,12-19,34H2/t21?,24-,25+,26?,30+,31-/m1/s1. The molecule has 3 aliphatic rings. The van der Waals surface area contributed by atoms with Crippen molar-refractivity contribution >= 4 is 15.8 Å². The third kappa shape index (κ3) is 7.05. The predicted molar refractivity (Wildman–Crippen MR) is 154 cm³/mol. The van der Waals surface area contributed by atoms with Crippen molar-refractivity contribution in [2.45, 2.75) is 87.9 Å². The van der Waals surface area contributed by atoms with E-state index < -0.39 is 21.9 Å². The Bertz CT molecular complexity index is 1320. The largest absolute Gasteiger partial charge is 0.393 e. The number of Topliss-reactive ketones (excluding diaryl/α,β-unsaturated/α-hetero) is 1. The van der Waals surface area contributed by atoms with Gasteiger partial charge in [0.1, 0.15) is 11.6 Å². The molecule has 2 aromatic rings. The van der Waals surface area contributed by atoms with Crippen molar-refractivity contribution in [1.29, 1.82) is 0 Å². The molecule has 5 atom stereocenters. The van der Waals surface area contributed by atoms with E-state index in [-0.39, 0.29) is 53.8 Å². The minimum atomic E-state index is -3.36. The molecule has 0 radical (unpaired) electrons. The number of fused-ring (bicyclic) bond motifs is 2. The molecule has 4 N–H and O–H groups in total. The summed E-state index contributed by atoms with van der Waals surface area (Å²) in [5.74, 6) is -1.16. The molecule has 0 spiro atoms. The minimum Gasteiger partial charge on any atom is -0.393 e. The van der Waals surface area contributed by atoms with Gasteiger partial charge in [-0.3, -0.25) is 4.79 Å². The van der Waals surface area contributed by atoms with E-state index in [4.69, 9.17) is 5.73 Å². The van der Waals surface area contributed by atoms with Crippen LogP contribution in [0.2, 0.25) is 0 Å². The molecule has 2 aliphatic heterocycles. The van der Waals surface area contributed by atoms with Crippen LogP contribution in [-0.4, -0.2) is 66.7 Å². The summed E-state index contributed by atoms with van der Waals surface area (Å²) in [5.41, 5.74) is 8.41. The zero-order chi connectivity index (χ0) is 29.1. The first-order valence-corrected chi connectivity index (χ1v) is 16.4. The molecule has 2 bridgehead atoms. The first kappa shape index (κ1) is 30.2. The van der Waals surface area contributed by atoms with Crippen LogP contribution in [0.4, 0.5) is 8.78 Å². The maximum atomic E-state index is 15.2. The number of aliphatic hydroxyl groups excluding tert-OH is 1. The maximum absolute atomic E-state index is 15.2. The van der Waals surface area contributed by atoms with Gasteiger partial charge in [-0.25, -0.2) is 17.2 Å². The van der Waals surface area contributed by atoms with Gasteiger partial charge in [0.05, 0.1) is 17.9 Å². The number of ketones is 1. The van der Waals surface area contributed by atoms with Crippen molar-refractivity contribution in [2.75, 3.05) is 18.8 Å². The van der Waals surface area contributed by atoms with Crippen molar-refractivity contribution in [1.82, 2.24) is 9.62 Å². The van der Waals surface area contributed by atoms with Crippen LogP contribution in [0, 0.1) is 17.6 Å². The fourth-order valence-electron chi connectivity index (χ4n) is 7.03. The van der Waals surface area contributed by atoms with E-state index in [1.165, 1.54) is 18.2 Å². The Morgan fingerprint density at radius 1 is 1.07 bits per heavy atom. The highest BCUT2D eigenvalue weighted by Gasteiger charge is 2.38. The lowest BCUT2D eigenvalue weighted by Gasteiger charge is -2.37. The molecule has 5 rings (SSSR count). The van der Waals surface area contributed by atoms with Gasteiger partial charge in [-0.15, -0.1) is 0 Å². The van der Waals surface area contributed by atoms with Crippen molar-refractivity contribution in [3.63, 3.8) is 0 Å². The SMILES string of the molecule is N[C@H](C(=O)Cc1cccc(F)c1CC[C@H]1CN[C@@H]2CCCS(=O)(=O)N1C2)[C@@H](c1ccc(F)cc1)C1CCC(O)CC1. The number of hydrogen-bond donors (Lipinski definition) is 3. The van der Waals surface area contributed by atoms with Gasteiger partial charge < -0.3 is 16.2 Å². The lowest BCUT2D eigenvalue weighted by Crippen LogP contribution is -2.57. The fourth-order valence-corrected chi connectivity index (χ4v) is 8.84. The smallest absolute Gasteiger partial charge is 0.214 e. The van der Waals surface area contributed by atoms with E-state index >= 15 is 4.39 Å². The number of hydrogen-bond acceptors (Lipinski definition) is 6. The summed E-state index contributed by atoms with van der Waals surface area (Å²) in [6, 6.07) is 9.77. The second kappa shape index (κ2) is 13.0. The molecule has 2 aromatic carbocycles. The number of piperazine rings is 1. The van der Waals surface area contributed by atoms with Crippen LogP contribution in [-0.2, 0) is 27.7 Å². The van der Waals surface area contributed by atoms with Crippen LogP contribution in [0.3, 0.4) is 0 Å². The number of rotatable bonds is 9. The molecule has 1 unspecified atom stereocenters. The molecule has 1 aliphatic carbocycles. The summed E-state index contributed by atoms with van der Waals surface area (Å²) in [6.07, 6.45) is 4.46. The quantitative estimate of drug-likeness (QED) is 0.413. The molecule has 10 heteroatoms. The zero-order valence-electron chi connectivity index (χ0n) is 23.4. The van der Waals surface area contributed by atoms with Crippen molar-refractivity contribution in [3.8, 4) is 0 Å². The summed E-state index contributed by atoms with van der Waals surface area (Å²) >= 11 is 0. The van der Waals surface area contributed by atoms with Crippen LogP contribution in [0.25, 0.3) is 0 Å². The average Bonchev–Trinajstić information content (AvgIpc) is 3.06. The molecule has 3 fully saturated rings. The Balaban J connectivity index is 1.32. The number of aliphatic hydroxyl groups is 1. The number of nitrogens with two attached hydrogens (primary N) is 1. The van der Waals surface area contributed by atoms with E-state index in [2.05, 4.69) is 5.32 Å². The van der Waals surface area contributed by atoms with Crippen LogP contribution in [0.1, 0.15) is 67.6 Å². The van der Waals surface area contributed by atoms with Gasteiger partial charge in [-0.2, -0.15) is 4.31 Å². The lowest BCUT2D eigenvalue weighted by molar-refractivity contribution is -0.120. The molecule has 0 aromatic heterocycles. The Kier molecular flexibility index (Phi) is 9.55. The van der Waals surface area contributed by atoms with Crippen molar-refractivity contribution < 1.29 is 27.1 Å². The number of nitrogens with zero attached hydrogens (tertiary/aromatic N) is 1. The molecule has 7 nitrogen and oxygen atoms in total. The van der Waals surface area contributed by atoms with Crippen LogP contribution in [0.5, 0.6) is 0 Å². The predicted octanol–water partition coefficient (Wildman–Crippen LogP) is 3.44. The number of halogens is 2. The second-order valence-electron chi connectivity index (χ2n) is 12.0. The first-order chi connectivity index (χ1) is 19.6. The second-order valence-corrected chi connectivity index (χ2v) is 14.1. The number of benzene rings is 2. The monoisotopic (exact) mass is 589 g/mol. The highest BCUT2D eigenvalue weighted by molar-refractivity contribution is 7.89. The van der Waals surface area contributed by atoms with Gasteiger partial charge in [-0.05, 0) is 92.2 Å². The summed E-state index contributed by atoms with van der Waals surface area (Å²) in [4.78, 5) is 13.7. The van der Waals surface area contributed by atoms with Crippen molar-refractivity contribution in [2.24, 2.45) is 11.7 Å². The number of carbonyl (C=O) groups excluding carboxylic acids is 1. The third-order valence-corrected chi connectivity index (χ3v) is 11.3. The molecule has 1 saturated carbocycles. The van der Waals surface area contributed by atoms with Gasteiger partial charge in [-0.1, -0.05) is 24.3 Å². The Morgan fingerprint density at radius 2 is 1.80 bits per heavy atom. The molecule has 2 saturated heterocycles. The topological polar surface area (TPSA) is 113 Å². The molecule has 2 heterocycles. The summed E-state index contributed by atoms with van der Waals surface area (Å²) in [5, 5.41) is 13.5. The Morgan fingerprint density at radius 3 is 2.54 bits per heavy atom. The Hall–Kier alpha value is -2.24. The molecule has 0 amide bonds. The van der Waals surface area contributed by atoms with Gasteiger partial charge in [0.2, 0.25) is 10.0 Å². The maximum Gasteiger partial charge on any atom is 0.214 e.